The van der Waals surface area contributed by atoms with E-state index in [0.717, 1.165) is 22.3 Å². The lowest BCUT2D eigenvalue weighted by Crippen LogP contribution is -2.62. The maximum atomic E-state index is 12.9. The van der Waals surface area contributed by atoms with Gasteiger partial charge in [0.2, 0.25) is 5.91 Å². The number of benzene rings is 2. The highest BCUT2D eigenvalue weighted by Gasteiger charge is 2.50. The van der Waals surface area contributed by atoms with Gasteiger partial charge in [0.1, 0.15) is 12.0 Å². The number of nitrogens with one attached hydrogen (secondary N) is 1. The number of nitrogens with zero attached hydrogens (tertiary/aromatic N) is 1. The van der Waals surface area contributed by atoms with Crippen molar-refractivity contribution in [2.45, 2.75) is 52.5 Å². The number of carboxylic acid groups (broad SMARTS) is 1. The summed E-state index contributed by atoms with van der Waals surface area (Å²) in [6, 6.07) is 15.9. The summed E-state index contributed by atoms with van der Waals surface area (Å²) in [5, 5.41) is 12.4. The summed E-state index contributed by atoms with van der Waals surface area (Å²) in [4.78, 5) is 38.8. The molecule has 0 radical (unpaired) electrons. The van der Waals surface area contributed by atoms with Crippen molar-refractivity contribution in [3.63, 3.8) is 0 Å². The third-order valence-electron chi connectivity index (χ3n) is 7.53. The fourth-order valence-corrected chi connectivity index (χ4v) is 5.03. The van der Waals surface area contributed by atoms with Crippen LogP contribution in [0.3, 0.4) is 0 Å². The minimum atomic E-state index is -0.867. The predicted molar refractivity (Wildman–Crippen MR) is 133 cm³/mol. The van der Waals surface area contributed by atoms with Crippen LogP contribution in [0.4, 0.5) is 4.79 Å². The molecule has 4 rings (SSSR count). The molecule has 0 spiro atoms. The number of carbonyl (C=O) groups excluding carboxylic acids is 2. The second-order valence-corrected chi connectivity index (χ2v) is 10.8. The van der Waals surface area contributed by atoms with Gasteiger partial charge in [0.25, 0.3) is 0 Å². The molecule has 1 unspecified atom stereocenters. The molecule has 0 aromatic heterocycles. The Kier molecular flexibility index (Phi) is 6.62. The first kappa shape index (κ1) is 24.8. The van der Waals surface area contributed by atoms with Gasteiger partial charge in [-0.1, -0.05) is 76.2 Å². The number of likely N-dealkylation sites (tertiary alicyclic amines) is 1. The van der Waals surface area contributed by atoms with E-state index < -0.39 is 23.5 Å². The van der Waals surface area contributed by atoms with Crippen molar-refractivity contribution < 1.29 is 24.2 Å². The van der Waals surface area contributed by atoms with E-state index in [1.54, 1.807) is 4.90 Å². The van der Waals surface area contributed by atoms with Crippen LogP contribution in [-0.2, 0) is 14.3 Å². The average Bonchev–Trinajstić information content (AvgIpc) is 3.10. The number of hydrogen-bond acceptors (Lipinski definition) is 4. The summed E-state index contributed by atoms with van der Waals surface area (Å²) in [5.74, 6) is -1.07. The molecule has 2 amide bonds. The number of rotatable bonds is 7. The van der Waals surface area contributed by atoms with Crippen LogP contribution in [0.1, 0.15) is 57.6 Å². The van der Waals surface area contributed by atoms with Crippen LogP contribution in [0.15, 0.2) is 48.5 Å². The standard InChI is InChI=1S/C28H34N2O5/c1-5-28(25(32)33)16-30(17-28)24(31)14-23(27(2,3)4)29-26(34)35-15-22-20-12-8-6-10-18(20)19-11-7-9-13-21(19)22/h6-13,22-23H,5,14-17H2,1-4H3,(H,29,34)(H,32,33). The van der Waals surface area contributed by atoms with Crippen LogP contribution in [0, 0.1) is 10.8 Å². The van der Waals surface area contributed by atoms with Crippen LogP contribution in [-0.4, -0.2) is 53.7 Å². The molecule has 2 aromatic carbocycles. The maximum absolute atomic E-state index is 12.9. The highest BCUT2D eigenvalue weighted by molar-refractivity contribution is 5.84. The maximum Gasteiger partial charge on any atom is 0.407 e. The van der Waals surface area contributed by atoms with Gasteiger partial charge in [-0.05, 0) is 34.1 Å². The van der Waals surface area contributed by atoms with E-state index in [9.17, 15) is 19.5 Å². The van der Waals surface area contributed by atoms with Crippen LogP contribution in [0.5, 0.6) is 0 Å². The quantitative estimate of drug-likeness (QED) is 0.604. The van der Waals surface area contributed by atoms with E-state index in [1.165, 1.54) is 0 Å². The highest BCUT2D eigenvalue weighted by Crippen LogP contribution is 2.44. The molecule has 1 aliphatic carbocycles. The number of ether oxygens (including phenoxy) is 1. The van der Waals surface area contributed by atoms with E-state index >= 15 is 0 Å². The Morgan fingerprint density at radius 1 is 1.06 bits per heavy atom. The summed E-state index contributed by atoms with van der Waals surface area (Å²) in [7, 11) is 0. The minimum Gasteiger partial charge on any atom is -0.481 e. The number of carbonyl (C=O) groups is 3. The first-order valence-electron chi connectivity index (χ1n) is 12.2. The van der Waals surface area contributed by atoms with Gasteiger partial charge in [0.05, 0.1) is 0 Å². The first-order valence-corrected chi connectivity index (χ1v) is 12.2. The average molecular weight is 479 g/mol. The van der Waals surface area contributed by atoms with Gasteiger partial charge in [-0.2, -0.15) is 0 Å². The fraction of sp³-hybridized carbons (Fsp3) is 0.464. The summed E-state index contributed by atoms with van der Waals surface area (Å²) in [5.41, 5.74) is 3.36. The van der Waals surface area contributed by atoms with Crippen LogP contribution >= 0.6 is 0 Å². The third-order valence-corrected chi connectivity index (χ3v) is 7.53. The van der Waals surface area contributed by atoms with Crippen molar-refractivity contribution in [2.75, 3.05) is 19.7 Å². The molecule has 2 aromatic rings. The van der Waals surface area contributed by atoms with Crippen LogP contribution < -0.4 is 5.32 Å². The number of alkyl carbamates (subject to hydrolysis) is 1. The molecule has 2 N–H and O–H groups in total. The molecule has 1 heterocycles. The normalized spacial score (nSPS) is 17.1. The largest absolute Gasteiger partial charge is 0.481 e. The zero-order chi connectivity index (χ0) is 25.4. The van der Waals surface area contributed by atoms with Gasteiger partial charge in [-0.15, -0.1) is 0 Å². The smallest absolute Gasteiger partial charge is 0.407 e. The number of aliphatic carboxylic acids is 1. The Morgan fingerprint density at radius 2 is 1.60 bits per heavy atom. The fourth-order valence-electron chi connectivity index (χ4n) is 5.03. The molecule has 0 bridgehead atoms. The monoisotopic (exact) mass is 478 g/mol. The zero-order valence-electron chi connectivity index (χ0n) is 20.8. The number of amides is 2. The summed E-state index contributed by atoms with van der Waals surface area (Å²) < 4.78 is 5.68. The second kappa shape index (κ2) is 9.36. The lowest BCUT2D eigenvalue weighted by atomic mass is 9.76. The lowest BCUT2D eigenvalue weighted by molar-refractivity contribution is -0.166. The van der Waals surface area contributed by atoms with Crippen molar-refractivity contribution in [3.05, 3.63) is 59.7 Å². The molecule has 2 aliphatic rings. The van der Waals surface area contributed by atoms with Crippen molar-refractivity contribution in [3.8, 4) is 11.1 Å². The topological polar surface area (TPSA) is 95.9 Å². The van der Waals surface area contributed by atoms with Gasteiger partial charge in [-0.3, -0.25) is 9.59 Å². The van der Waals surface area contributed by atoms with E-state index in [1.807, 2.05) is 52.0 Å². The van der Waals surface area contributed by atoms with E-state index in [-0.39, 0.29) is 43.4 Å². The second-order valence-electron chi connectivity index (χ2n) is 10.8. The molecule has 0 saturated carbocycles. The lowest BCUT2D eigenvalue weighted by Gasteiger charge is -2.47. The van der Waals surface area contributed by atoms with E-state index in [2.05, 4.69) is 29.6 Å². The van der Waals surface area contributed by atoms with Gasteiger partial charge in [0, 0.05) is 31.5 Å². The van der Waals surface area contributed by atoms with Crippen LogP contribution in [0.25, 0.3) is 11.1 Å². The van der Waals surface area contributed by atoms with Crippen molar-refractivity contribution in [2.24, 2.45) is 10.8 Å². The number of carboxylic acids is 1. The molecular weight excluding hydrogens is 444 g/mol. The van der Waals surface area contributed by atoms with Gasteiger partial charge >= 0.3 is 12.1 Å². The SMILES string of the molecule is CCC1(C(=O)O)CN(C(=O)CC(NC(=O)OCC2c3ccccc3-c3ccccc32)C(C)(C)C)C1. The Labute approximate surface area is 206 Å². The first-order chi connectivity index (χ1) is 16.6. The number of hydrogen-bond donors (Lipinski definition) is 2. The Hall–Kier alpha value is -3.35. The Bertz CT molecular complexity index is 1080. The highest BCUT2D eigenvalue weighted by atomic mass is 16.5. The summed E-state index contributed by atoms with van der Waals surface area (Å²) in [6.45, 7) is 8.31. The molecule has 1 saturated heterocycles. The van der Waals surface area contributed by atoms with Gasteiger partial charge in [0.15, 0.2) is 0 Å². The van der Waals surface area contributed by atoms with Gasteiger partial charge < -0.3 is 20.1 Å². The van der Waals surface area contributed by atoms with E-state index in [0.29, 0.717) is 6.42 Å². The van der Waals surface area contributed by atoms with E-state index in [4.69, 9.17) is 4.74 Å². The number of fused-ring (bicyclic) bond motifs is 3. The van der Waals surface area contributed by atoms with Crippen LogP contribution in [0.2, 0.25) is 0 Å². The molecule has 7 nitrogen and oxygen atoms in total. The molecule has 7 heteroatoms. The summed E-state index contributed by atoms with van der Waals surface area (Å²) in [6.07, 6.45) is 0.0107. The molecule has 1 fully saturated rings. The molecule has 1 aliphatic heterocycles. The van der Waals surface area contributed by atoms with Crippen molar-refractivity contribution >= 4 is 18.0 Å². The minimum absolute atomic E-state index is 0.0397. The predicted octanol–water partition coefficient (Wildman–Crippen LogP) is 4.65. The zero-order valence-corrected chi connectivity index (χ0v) is 20.8. The molecular formula is C28H34N2O5. The molecule has 1 atom stereocenters. The Morgan fingerprint density at radius 3 is 2.09 bits per heavy atom. The Balaban J connectivity index is 1.38. The van der Waals surface area contributed by atoms with Gasteiger partial charge in [-0.25, -0.2) is 4.79 Å². The summed E-state index contributed by atoms with van der Waals surface area (Å²) >= 11 is 0. The van der Waals surface area contributed by atoms with Crippen molar-refractivity contribution in [1.82, 2.24) is 10.2 Å². The molecule has 186 valence electrons. The molecule has 35 heavy (non-hydrogen) atoms. The van der Waals surface area contributed by atoms with Crippen molar-refractivity contribution in [1.29, 1.82) is 0 Å². The third kappa shape index (κ3) is 4.77.